The van der Waals surface area contributed by atoms with E-state index < -0.39 is 0 Å². The fourth-order valence-electron chi connectivity index (χ4n) is 2.65. The fraction of sp³-hybridized carbons (Fsp3) is 0.294. The molecular weight excluding hydrogens is 234 g/mol. The summed E-state index contributed by atoms with van der Waals surface area (Å²) < 4.78 is 6.16. The van der Waals surface area contributed by atoms with E-state index in [4.69, 9.17) is 4.74 Å². The van der Waals surface area contributed by atoms with Gasteiger partial charge in [0.25, 0.3) is 0 Å². The maximum absolute atomic E-state index is 6.16. The number of para-hydroxylation sites is 1. The van der Waals surface area contributed by atoms with Crippen molar-refractivity contribution in [2.75, 3.05) is 6.54 Å². The molecule has 2 nitrogen and oxygen atoms in total. The Morgan fingerprint density at radius 1 is 0.895 bits per heavy atom. The first-order valence-corrected chi connectivity index (χ1v) is 6.93. The van der Waals surface area contributed by atoms with Crippen molar-refractivity contribution < 1.29 is 4.74 Å². The van der Waals surface area contributed by atoms with Gasteiger partial charge in [-0.05, 0) is 37.1 Å². The number of hydrogen-bond donors (Lipinski definition) is 1. The molecule has 1 saturated heterocycles. The number of benzene rings is 2. The molecule has 3 rings (SSSR count). The van der Waals surface area contributed by atoms with Crippen LogP contribution in [0.25, 0.3) is 0 Å². The van der Waals surface area contributed by atoms with E-state index in [9.17, 15) is 0 Å². The summed E-state index contributed by atoms with van der Waals surface area (Å²) in [6.07, 6.45) is 2.47. The van der Waals surface area contributed by atoms with Crippen molar-refractivity contribution in [1.82, 2.24) is 5.32 Å². The van der Waals surface area contributed by atoms with E-state index in [1.165, 1.54) is 12.0 Å². The van der Waals surface area contributed by atoms with Gasteiger partial charge in [-0.2, -0.15) is 0 Å². The van der Waals surface area contributed by atoms with Crippen LogP contribution in [0, 0.1) is 0 Å². The van der Waals surface area contributed by atoms with Crippen molar-refractivity contribution in [1.29, 1.82) is 0 Å². The Morgan fingerprint density at radius 2 is 1.58 bits per heavy atom. The number of piperidine rings is 1. The molecule has 98 valence electrons. The first-order chi connectivity index (χ1) is 9.43. The number of ether oxygens (including phenoxy) is 1. The molecule has 2 aromatic carbocycles. The molecule has 2 heteroatoms. The fourth-order valence-corrected chi connectivity index (χ4v) is 2.65. The zero-order valence-corrected chi connectivity index (χ0v) is 11.0. The zero-order chi connectivity index (χ0) is 12.9. The van der Waals surface area contributed by atoms with Gasteiger partial charge in [-0.25, -0.2) is 0 Å². The number of hydrogen-bond acceptors (Lipinski definition) is 2. The Hall–Kier alpha value is -1.80. The lowest BCUT2D eigenvalue weighted by atomic mass is 9.94. The third-order valence-corrected chi connectivity index (χ3v) is 3.59. The molecule has 2 atom stereocenters. The van der Waals surface area contributed by atoms with Crippen molar-refractivity contribution in [2.45, 2.75) is 25.0 Å². The van der Waals surface area contributed by atoms with E-state index in [1.807, 2.05) is 30.3 Å². The van der Waals surface area contributed by atoms with E-state index in [1.54, 1.807) is 0 Å². The van der Waals surface area contributed by atoms with E-state index in [0.717, 1.165) is 18.7 Å². The summed E-state index contributed by atoms with van der Waals surface area (Å²) in [6, 6.07) is 21.0. The molecule has 0 aliphatic carbocycles. The van der Waals surface area contributed by atoms with Crippen LogP contribution in [0.2, 0.25) is 0 Å². The van der Waals surface area contributed by atoms with Gasteiger partial charge in [-0.1, -0.05) is 48.5 Å². The molecule has 0 saturated carbocycles. The maximum atomic E-state index is 6.16. The van der Waals surface area contributed by atoms with Gasteiger partial charge in [0.1, 0.15) is 11.9 Å². The second-order valence-electron chi connectivity index (χ2n) is 4.95. The highest BCUT2D eigenvalue weighted by Crippen LogP contribution is 2.27. The summed E-state index contributed by atoms with van der Waals surface area (Å²) in [5.41, 5.74) is 1.31. The van der Waals surface area contributed by atoms with Crippen molar-refractivity contribution in [3.8, 4) is 5.75 Å². The van der Waals surface area contributed by atoms with Crippen LogP contribution in [0.1, 0.15) is 24.4 Å². The van der Waals surface area contributed by atoms with Crippen LogP contribution in [-0.4, -0.2) is 12.6 Å². The predicted molar refractivity (Wildman–Crippen MR) is 77.3 cm³/mol. The predicted octanol–water partition coefficient (Wildman–Crippen LogP) is 3.56. The molecule has 1 N–H and O–H groups in total. The Balaban J connectivity index is 1.78. The van der Waals surface area contributed by atoms with Crippen molar-refractivity contribution in [3.05, 3.63) is 66.2 Å². The smallest absolute Gasteiger partial charge is 0.119 e. The summed E-state index contributed by atoms with van der Waals surface area (Å²) >= 11 is 0. The highest BCUT2D eigenvalue weighted by molar-refractivity contribution is 5.24. The summed E-state index contributed by atoms with van der Waals surface area (Å²) in [5.74, 6) is 0.956. The van der Waals surface area contributed by atoms with Crippen LogP contribution in [-0.2, 0) is 0 Å². The molecule has 19 heavy (non-hydrogen) atoms. The van der Waals surface area contributed by atoms with Gasteiger partial charge in [-0.15, -0.1) is 0 Å². The molecule has 1 heterocycles. The molecule has 0 unspecified atom stereocenters. The highest BCUT2D eigenvalue weighted by Gasteiger charge is 2.27. The highest BCUT2D eigenvalue weighted by atomic mass is 16.5. The second-order valence-corrected chi connectivity index (χ2v) is 4.95. The molecule has 0 aromatic heterocycles. The standard InChI is InChI=1S/C17H19NO/c1-3-8-14(9-4-1)17-16(12-7-13-18-17)19-15-10-5-2-6-11-15/h1-6,8-11,16-18H,7,12-13H2/t16-,17-/m0/s1. The lowest BCUT2D eigenvalue weighted by molar-refractivity contribution is 0.120. The second kappa shape index (κ2) is 5.89. The van der Waals surface area contributed by atoms with Crippen molar-refractivity contribution in [3.63, 3.8) is 0 Å². The first-order valence-electron chi connectivity index (χ1n) is 6.93. The van der Waals surface area contributed by atoms with E-state index in [2.05, 4.69) is 35.6 Å². The Kier molecular flexibility index (Phi) is 3.80. The minimum atomic E-state index is 0.207. The van der Waals surface area contributed by atoms with Gasteiger partial charge >= 0.3 is 0 Å². The lowest BCUT2D eigenvalue weighted by Crippen LogP contribution is -2.40. The molecule has 0 bridgehead atoms. The van der Waals surface area contributed by atoms with Crippen LogP contribution >= 0.6 is 0 Å². The summed E-state index contributed by atoms with van der Waals surface area (Å²) in [7, 11) is 0. The largest absolute Gasteiger partial charge is 0.488 e. The van der Waals surface area contributed by atoms with Gasteiger partial charge in [0.05, 0.1) is 6.04 Å². The van der Waals surface area contributed by atoms with Gasteiger partial charge in [0.2, 0.25) is 0 Å². The summed E-state index contributed by atoms with van der Waals surface area (Å²) in [4.78, 5) is 0. The van der Waals surface area contributed by atoms with E-state index >= 15 is 0 Å². The normalized spacial score (nSPS) is 22.9. The van der Waals surface area contributed by atoms with Crippen LogP contribution in [0.4, 0.5) is 0 Å². The van der Waals surface area contributed by atoms with Gasteiger partial charge in [0, 0.05) is 0 Å². The van der Waals surface area contributed by atoms with Gasteiger partial charge in [-0.3, -0.25) is 0 Å². The molecule has 1 aliphatic heterocycles. The van der Waals surface area contributed by atoms with Gasteiger partial charge < -0.3 is 10.1 Å². The van der Waals surface area contributed by atoms with Crippen LogP contribution in [0.5, 0.6) is 5.75 Å². The molecular formula is C17H19NO. The van der Waals surface area contributed by atoms with Crippen LogP contribution in [0.15, 0.2) is 60.7 Å². The number of nitrogens with one attached hydrogen (secondary N) is 1. The van der Waals surface area contributed by atoms with Crippen molar-refractivity contribution in [2.24, 2.45) is 0 Å². The zero-order valence-electron chi connectivity index (χ0n) is 11.0. The summed E-state index contributed by atoms with van der Waals surface area (Å²) in [5, 5.41) is 3.58. The molecule has 1 fully saturated rings. The average molecular weight is 253 g/mol. The Labute approximate surface area is 114 Å². The molecule has 0 amide bonds. The third-order valence-electron chi connectivity index (χ3n) is 3.59. The van der Waals surface area contributed by atoms with Crippen molar-refractivity contribution >= 4 is 0 Å². The van der Waals surface area contributed by atoms with Gasteiger partial charge in [0.15, 0.2) is 0 Å². The Morgan fingerprint density at radius 3 is 2.32 bits per heavy atom. The molecule has 2 aromatic rings. The Bertz CT molecular complexity index is 497. The van der Waals surface area contributed by atoms with E-state index in [-0.39, 0.29) is 12.1 Å². The molecule has 0 spiro atoms. The monoisotopic (exact) mass is 253 g/mol. The lowest BCUT2D eigenvalue weighted by Gasteiger charge is -2.33. The minimum Gasteiger partial charge on any atom is -0.488 e. The number of rotatable bonds is 3. The first kappa shape index (κ1) is 12.2. The third kappa shape index (κ3) is 2.96. The van der Waals surface area contributed by atoms with Crippen LogP contribution < -0.4 is 10.1 Å². The molecule has 1 aliphatic rings. The topological polar surface area (TPSA) is 21.3 Å². The molecule has 0 radical (unpaired) electrons. The van der Waals surface area contributed by atoms with E-state index in [0.29, 0.717) is 0 Å². The summed E-state index contributed by atoms with van der Waals surface area (Å²) in [6.45, 7) is 1.06. The van der Waals surface area contributed by atoms with Crippen LogP contribution in [0.3, 0.4) is 0 Å². The quantitative estimate of drug-likeness (QED) is 0.903. The SMILES string of the molecule is c1ccc(O[C@H]2CCCN[C@H]2c2ccccc2)cc1. The minimum absolute atomic E-state index is 0.207. The average Bonchev–Trinajstić information content (AvgIpc) is 2.50. The maximum Gasteiger partial charge on any atom is 0.119 e.